The van der Waals surface area contributed by atoms with Crippen molar-refractivity contribution in [1.29, 1.82) is 0 Å². The Labute approximate surface area is 642 Å². The Hall–Kier alpha value is -5.32. The fourth-order valence-electron chi connectivity index (χ4n) is 10.3. The van der Waals surface area contributed by atoms with Gasteiger partial charge in [0.1, 0.15) is 19.3 Å². The largest absolute Gasteiger partial charge is 0.472 e. The van der Waals surface area contributed by atoms with E-state index in [0.717, 1.165) is 186 Å². The summed E-state index contributed by atoms with van der Waals surface area (Å²) in [5.74, 6) is -2.32. The van der Waals surface area contributed by atoms with E-state index in [-0.39, 0.29) is 25.7 Å². The summed E-state index contributed by atoms with van der Waals surface area (Å²) in [6.45, 7) is 4.47. The van der Waals surface area contributed by atoms with Gasteiger partial charge in [-0.1, -0.05) is 282 Å². The van der Waals surface area contributed by atoms with Gasteiger partial charge in [0, 0.05) is 25.7 Å². The summed E-state index contributed by atoms with van der Waals surface area (Å²) < 4.78 is 68.6. The lowest BCUT2D eigenvalue weighted by Crippen LogP contribution is -2.30. The summed E-state index contributed by atoms with van der Waals surface area (Å²) in [6.07, 6.45) is 90.8. The molecule has 0 saturated heterocycles. The molecule has 0 heterocycles. The molecule has 19 heteroatoms. The van der Waals surface area contributed by atoms with Gasteiger partial charge in [0.2, 0.25) is 0 Å². The molecular formula is C87H144O17P2. The molecule has 0 radical (unpaired) electrons. The van der Waals surface area contributed by atoms with E-state index in [2.05, 4.69) is 167 Å². The molecule has 0 aliphatic carbocycles. The molecule has 5 unspecified atom stereocenters. The average molecular weight is 1520 g/mol. The van der Waals surface area contributed by atoms with Gasteiger partial charge in [-0.3, -0.25) is 37.3 Å². The molecule has 0 bridgehead atoms. The van der Waals surface area contributed by atoms with E-state index in [9.17, 15) is 43.2 Å². The standard InChI is InChI=1S/C87H144O17P2/c1-5-9-13-17-21-25-29-33-37-39-40-42-46-48-52-56-60-64-68-72-85(90)98-78-83(104-87(92)74-70-66-62-58-54-50-44-36-32-28-24-20-16-12-8-4)80-102-106(95,96)100-76-81(88)75-99-105(93,94)101-79-82(103-86(91)73-69-65-61-57-53-49-43-35-31-27-23-19-15-11-7-3)77-97-84(89)71-67-63-59-55-51-47-45-41-38-34-30-26-22-18-14-10-6-2/h9-10,13-14,21-28,33-38,40,42-44,48,52,60,64,81-83,88H,5-8,11-12,15-20,29-32,39,41,45-47,49-51,53-59,61-63,65-80H2,1-4H3,(H,93,94)(H,95,96)/b13-9-,14-10-,25-21-,26-22-,27-23-,28-24-,37-33-,38-34-,42-40-,43-35-,44-36-,52-48-,64-60-. The van der Waals surface area contributed by atoms with Gasteiger partial charge in [0.15, 0.2) is 12.2 Å². The molecule has 0 saturated carbocycles. The van der Waals surface area contributed by atoms with E-state index in [1.54, 1.807) is 0 Å². The molecule has 0 spiro atoms. The zero-order valence-corrected chi connectivity index (χ0v) is 67.8. The second-order valence-electron chi connectivity index (χ2n) is 26.6. The minimum atomic E-state index is -5.01. The number of hydrogen-bond acceptors (Lipinski definition) is 15. The monoisotopic (exact) mass is 1520 g/mol. The van der Waals surface area contributed by atoms with Crippen molar-refractivity contribution in [3.05, 3.63) is 158 Å². The first-order chi connectivity index (χ1) is 51.7. The molecular weight excluding hydrogens is 1380 g/mol. The number of carbonyl (C=O) groups is 4. The van der Waals surface area contributed by atoms with Crippen LogP contribution >= 0.6 is 15.6 Å². The Balaban J connectivity index is 5.46. The predicted molar refractivity (Wildman–Crippen MR) is 436 cm³/mol. The van der Waals surface area contributed by atoms with Gasteiger partial charge >= 0.3 is 39.5 Å². The summed E-state index contributed by atoms with van der Waals surface area (Å²) >= 11 is 0. The van der Waals surface area contributed by atoms with Gasteiger partial charge in [-0.15, -0.1) is 0 Å². The number of esters is 4. The molecule has 5 atom stereocenters. The predicted octanol–water partition coefficient (Wildman–Crippen LogP) is 24.0. The number of unbranched alkanes of at least 4 members (excludes halogenated alkanes) is 23. The highest BCUT2D eigenvalue weighted by Gasteiger charge is 2.30. The Morgan fingerprint density at radius 2 is 0.509 bits per heavy atom. The number of hydrogen-bond donors (Lipinski definition) is 3. The van der Waals surface area contributed by atoms with Crippen LogP contribution in [-0.4, -0.2) is 96.7 Å². The molecule has 0 aromatic rings. The lowest BCUT2D eigenvalue weighted by atomic mass is 10.1. The smallest absolute Gasteiger partial charge is 0.462 e. The van der Waals surface area contributed by atoms with Crippen LogP contribution in [0.4, 0.5) is 0 Å². The van der Waals surface area contributed by atoms with Crippen LogP contribution in [0.5, 0.6) is 0 Å². The van der Waals surface area contributed by atoms with E-state index in [4.69, 9.17) is 37.0 Å². The van der Waals surface area contributed by atoms with Crippen LogP contribution in [0.2, 0.25) is 0 Å². The number of rotatable bonds is 75. The van der Waals surface area contributed by atoms with Crippen LogP contribution in [0, 0.1) is 0 Å². The van der Waals surface area contributed by atoms with Gasteiger partial charge in [-0.05, 0) is 161 Å². The van der Waals surface area contributed by atoms with Gasteiger partial charge < -0.3 is 33.8 Å². The van der Waals surface area contributed by atoms with E-state index in [1.165, 1.54) is 38.5 Å². The van der Waals surface area contributed by atoms with Crippen LogP contribution in [0.15, 0.2) is 158 Å². The second-order valence-corrected chi connectivity index (χ2v) is 29.5. The van der Waals surface area contributed by atoms with Crippen molar-refractivity contribution < 1.29 is 80.2 Å². The molecule has 0 aromatic carbocycles. The van der Waals surface area contributed by atoms with Crippen molar-refractivity contribution in [2.45, 2.75) is 329 Å². The molecule has 0 amide bonds. The van der Waals surface area contributed by atoms with Gasteiger partial charge in [0.25, 0.3) is 0 Å². The second kappa shape index (κ2) is 77.8. The van der Waals surface area contributed by atoms with E-state index in [1.807, 2.05) is 18.2 Å². The highest BCUT2D eigenvalue weighted by Crippen LogP contribution is 2.45. The Bertz CT molecular complexity index is 2630. The number of allylic oxidation sites excluding steroid dienone is 26. The van der Waals surface area contributed by atoms with Crippen LogP contribution in [-0.2, 0) is 65.4 Å². The summed E-state index contributed by atoms with van der Waals surface area (Å²) in [5, 5.41) is 10.7. The van der Waals surface area contributed by atoms with E-state index < -0.39 is 97.5 Å². The minimum Gasteiger partial charge on any atom is -0.462 e. The fourth-order valence-corrected chi connectivity index (χ4v) is 11.9. The third-order valence-corrected chi connectivity index (χ3v) is 18.4. The maximum absolute atomic E-state index is 13.1. The number of phosphoric acid groups is 2. The topological polar surface area (TPSA) is 237 Å². The highest BCUT2D eigenvalue weighted by molar-refractivity contribution is 7.47. The maximum Gasteiger partial charge on any atom is 0.472 e. The number of ether oxygens (including phenoxy) is 4. The van der Waals surface area contributed by atoms with Crippen molar-refractivity contribution in [2.75, 3.05) is 39.6 Å². The van der Waals surface area contributed by atoms with Crippen LogP contribution in [0.3, 0.4) is 0 Å². The van der Waals surface area contributed by atoms with Crippen molar-refractivity contribution in [3.8, 4) is 0 Å². The van der Waals surface area contributed by atoms with Crippen LogP contribution in [0.1, 0.15) is 310 Å². The Kier molecular flexibility index (Phi) is 73.9. The molecule has 17 nitrogen and oxygen atoms in total. The zero-order valence-electron chi connectivity index (χ0n) is 66.1. The normalized spacial score (nSPS) is 14.7. The highest BCUT2D eigenvalue weighted by atomic mass is 31.2. The lowest BCUT2D eigenvalue weighted by molar-refractivity contribution is -0.161. The van der Waals surface area contributed by atoms with Crippen molar-refractivity contribution in [3.63, 3.8) is 0 Å². The first kappa shape index (κ1) is 101. The van der Waals surface area contributed by atoms with Crippen molar-refractivity contribution in [1.82, 2.24) is 0 Å². The molecule has 0 aliphatic rings. The quantitative estimate of drug-likeness (QED) is 0.0169. The molecule has 0 aliphatic heterocycles. The lowest BCUT2D eigenvalue weighted by Gasteiger charge is -2.21. The number of carbonyl (C=O) groups excluding carboxylic acids is 4. The summed E-state index contributed by atoms with van der Waals surface area (Å²) in [7, 11) is -10.0. The minimum absolute atomic E-state index is 0.0284. The summed E-state index contributed by atoms with van der Waals surface area (Å²) in [6, 6.07) is 0. The van der Waals surface area contributed by atoms with E-state index in [0.29, 0.717) is 32.1 Å². The van der Waals surface area contributed by atoms with Gasteiger partial charge in [-0.25, -0.2) is 9.13 Å². The molecule has 3 N–H and O–H groups in total. The first-order valence-electron chi connectivity index (χ1n) is 40.7. The SMILES string of the molecule is CC/C=C\C/C=C\C/C=C\C/C=C\C/C=C\C/C=C\CCC(=O)OCC(COP(=O)(O)OCC(O)COP(=O)(O)OCC(COC(=O)CCCCCCCCC/C=C\C/C=C\C/C=C\CC)OC(=O)CCCCCCC/C=C\C/C=C\CCCCC)OC(=O)CCCCCCC/C=C\C/C=C\CCCCC. The van der Waals surface area contributed by atoms with E-state index >= 15 is 0 Å². The van der Waals surface area contributed by atoms with Gasteiger partial charge in [-0.2, -0.15) is 0 Å². The maximum atomic E-state index is 13.1. The average Bonchev–Trinajstić information content (AvgIpc) is 0.909. The third-order valence-electron chi connectivity index (χ3n) is 16.5. The van der Waals surface area contributed by atoms with Crippen LogP contribution in [0.25, 0.3) is 0 Å². The van der Waals surface area contributed by atoms with Crippen LogP contribution < -0.4 is 0 Å². The molecule has 0 fully saturated rings. The Morgan fingerprint density at radius 3 is 0.811 bits per heavy atom. The number of aliphatic hydroxyl groups is 1. The first-order valence-corrected chi connectivity index (χ1v) is 43.7. The molecule has 0 rings (SSSR count). The fraction of sp³-hybridized carbons (Fsp3) is 0.655. The summed E-state index contributed by atoms with van der Waals surface area (Å²) in [4.78, 5) is 73.1. The summed E-state index contributed by atoms with van der Waals surface area (Å²) in [5.41, 5.74) is 0. The number of phosphoric ester groups is 2. The molecule has 604 valence electrons. The number of aliphatic hydroxyl groups excluding tert-OH is 1. The van der Waals surface area contributed by atoms with Gasteiger partial charge in [0.05, 0.1) is 26.4 Å². The van der Waals surface area contributed by atoms with Crippen molar-refractivity contribution >= 4 is 39.5 Å². The molecule has 106 heavy (non-hydrogen) atoms. The zero-order chi connectivity index (χ0) is 77.4. The Morgan fingerprint density at radius 1 is 0.274 bits per heavy atom. The third kappa shape index (κ3) is 76.9. The molecule has 0 aromatic heterocycles. The van der Waals surface area contributed by atoms with Crippen molar-refractivity contribution in [2.24, 2.45) is 0 Å².